The third kappa shape index (κ3) is 4.45. The van der Waals surface area contributed by atoms with E-state index in [-0.39, 0.29) is 0 Å². The van der Waals surface area contributed by atoms with Crippen LogP contribution in [0.15, 0.2) is 185 Å². The Kier molecular flexibility index (Phi) is 6.42. The molecule has 244 valence electrons. The van der Waals surface area contributed by atoms with Crippen molar-refractivity contribution >= 4 is 92.4 Å². The number of benzene rings is 8. The predicted octanol–water partition coefficient (Wildman–Crippen LogP) is 14.7. The summed E-state index contributed by atoms with van der Waals surface area (Å²) in [6, 6.07) is 62.3. The summed E-state index contributed by atoms with van der Waals surface area (Å²) in [6.07, 6.45) is 0. The van der Waals surface area contributed by atoms with Gasteiger partial charge in [-0.2, -0.15) is 0 Å². The van der Waals surface area contributed by atoms with Crippen molar-refractivity contribution in [3.05, 3.63) is 176 Å². The topological polar surface area (TPSA) is 29.5 Å². The fourth-order valence-corrected chi connectivity index (χ4v) is 9.04. The van der Waals surface area contributed by atoms with Crippen molar-refractivity contribution in [3.8, 4) is 22.3 Å². The Morgan fingerprint density at radius 1 is 0.365 bits per heavy atom. The molecule has 11 aromatic rings. The first kappa shape index (κ1) is 29.1. The lowest BCUT2D eigenvalue weighted by Gasteiger charge is -2.25. The molecule has 0 aliphatic heterocycles. The summed E-state index contributed by atoms with van der Waals surface area (Å²) in [6.45, 7) is 0. The third-order valence-electron chi connectivity index (χ3n) is 10.3. The fourth-order valence-electron chi connectivity index (χ4n) is 7.86. The normalized spacial score (nSPS) is 11.8. The average molecular weight is 684 g/mol. The van der Waals surface area contributed by atoms with Crippen LogP contribution in [-0.4, -0.2) is 0 Å². The number of furan rings is 2. The Labute approximate surface area is 303 Å². The van der Waals surface area contributed by atoms with Crippen molar-refractivity contribution < 1.29 is 8.83 Å². The first-order valence-corrected chi connectivity index (χ1v) is 18.3. The van der Waals surface area contributed by atoms with Crippen LogP contribution in [0.5, 0.6) is 0 Å². The largest absolute Gasteiger partial charge is 0.454 e. The van der Waals surface area contributed by atoms with Gasteiger partial charge in [-0.25, -0.2) is 0 Å². The average Bonchev–Trinajstić information content (AvgIpc) is 3.90. The summed E-state index contributed by atoms with van der Waals surface area (Å²) in [4.78, 5) is 2.32. The molecule has 8 aromatic carbocycles. The number of hydrogen-bond acceptors (Lipinski definition) is 4. The number of anilines is 3. The molecule has 0 unspecified atom stereocenters. The van der Waals surface area contributed by atoms with Crippen LogP contribution in [0, 0.1) is 0 Å². The number of nitrogens with zero attached hydrogens (tertiary/aromatic N) is 1. The number of para-hydroxylation sites is 4. The van der Waals surface area contributed by atoms with Crippen molar-refractivity contribution in [3.63, 3.8) is 0 Å². The van der Waals surface area contributed by atoms with Crippen LogP contribution < -0.4 is 4.90 Å². The van der Waals surface area contributed by atoms with Gasteiger partial charge in [-0.3, -0.25) is 0 Å². The SMILES string of the molecule is c1ccc(-c2ccc3c(c2)sc2cc(N(c4cccc5c4oc4ccccc45)c4cccc5c4oc4c(-c6ccccc6)cccc45)ccc23)cc1. The Balaban J connectivity index is 1.17. The van der Waals surface area contributed by atoms with Crippen molar-refractivity contribution in [2.24, 2.45) is 0 Å². The molecule has 0 radical (unpaired) electrons. The standard InChI is InChI=1S/C48H29NO2S/c1-3-12-30(13-4-1)32-24-26-36-37-27-25-33(29-45(37)52-44(36)28-32)49(41-21-10-19-38-35-16-7-8-23-43(35)50-47(38)41)42-22-11-20-40-39-18-9-17-34(46(39)51-48(40)42)31-14-5-2-6-15-31/h1-29H. The number of thiophene rings is 1. The van der Waals surface area contributed by atoms with Crippen LogP contribution >= 0.6 is 11.3 Å². The van der Waals surface area contributed by atoms with Crippen molar-refractivity contribution in [1.29, 1.82) is 0 Å². The zero-order valence-corrected chi connectivity index (χ0v) is 28.7. The van der Waals surface area contributed by atoms with Gasteiger partial charge in [0, 0.05) is 53.0 Å². The molecule has 4 heteroatoms. The molecule has 3 heterocycles. The van der Waals surface area contributed by atoms with Crippen LogP contribution in [0.2, 0.25) is 0 Å². The molecule has 0 fully saturated rings. The summed E-state index contributed by atoms with van der Waals surface area (Å²) in [7, 11) is 0. The Morgan fingerprint density at radius 3 is 1.71 bits per heavy atom. The highest BCUT2D eigenvalue weighted by Gasteiger charge is 2.24. The van der Waals surface area contributed by atoms with E-state index < -0.39 is 0 Å². The summed E-state index contributed by atoms with van der Waals surface area (Å²) >= 11 is 1.83. The van der Waals surface area contributed by atoms with Gasteiger partial charge in [0.05, 0.1) is 11.4 Å². The molecule has 52 heavy (non-hydrogen) atoms. The van der Waals surface area contributed by atoms with Gasteiger partial charge in [0.15, 0.2) is 11.2 Å². The van der Waals surface area contributed by atoms with Gasteiger partial charge >= 0.3 is 0 Å². The van der Waals surface area contributed by atoms with Gasteiger partial charge in [-0.1, -0.05) is 140 Å². The van der Waals surface area contributed by atoms with E-state index in [9.17, 15) is 0 Å². The molecule has 3 nitrogen and oxygen atoms in total. The van der Waals surface area contributed by atoms with Gasteiger partial charge in [0.1, 0.15) is 11.2 Å². The van der Waals surface area contributed by atoms with Crippen LogP contribution in [-0.2, 0) is 0 Å². The predicted molar refractivity (Wildman–Crippen MR) is 219 cm³/mol. The van der Waals surface area contributed by atoms with Crippen LogP contribution in [0.25, 0.3) is 86.3 Å². The highest BCUT2D eigenvalue weighted by molar-refractivity contribution is 7.25. The van der Waals surface area contributed by atoms with Gasteiger partial charge < -0.3 is 13.7 Å². The van der Waals surface area contributed by atoms with Crippen LogP contribution in [0.1, 0.15) is 0 Å². The monoisotopic (exact) mass is 683 g/mol. The fraction of sp³-hybridized carbons (Fsp3) is 0. The van der Waals surface area contributed by atoms with Gasteiger partial charge in [0.2, 0.25) is 0 Å². The maximum atomic E-state index is 6.99. The highest BCUT2D eigenvalue weighted by atomic mass is 32.1. The van der Waals surface area contributed by atoms with E-state index in [1.54, 1.807) is 0 Å². The molecule has 0 saturated heterocycles. The minimum absolute atomic E-state index is 0.831. The second kappa shape index (κ2) is 11.5. The van der Waals surface area contributed by atoms with E-state index in [1.807, 2.05) is 29.5 Å². The molecule has 0 saturated carbocycles. The van der Waals surface area contributed by atoms with E-state index in [4.69, 9.17) is 8.83 Å². The molecule has 11 rings (SSSR count). The first-order valence-electron chi connectivity index (χ1n) is 17.5. The maximum Gasteiger partial charge on any atom is 0.159 e. The van der Waals surface area contributed by atoms with E-state index in [1.165, 1.54) is 31.3 Å². The van der Waals surface area contributed by atoms with Crippen molar-refractivity contribution in [2.75, 3.05) is 4.90 Å². The highest BCUT2D eigenvalue weighted by Crippen LogP contribution is 2.48. The smallest absolute Gasteiger partial charge is 0.159 e. The Morgan fingerprint density at radius 2 is 0.942 bits per heavy atom. The van der Waals surface area contributed by atoms with E-state index in [2.05, 4.69) is 163 Å². The lowest BCUT2D eigenvalue weighted by molar-refractivity contribution is 0.666. The van der Waals surface area contributed by atoms with Crippen molar-refractivity contribution in [1.82, 2.24) is 0 Å². The maximum absolute atomic E-state index is 6.99. The molecule has 3 aromatic heterocycles. The third-order valence-corrected chi connectivity index (χ3v) is 11.4. The first-order chi connectivity index (χ1) is 25.8. The molecule has 0 aliphatic carbocycles. The molecule has 0 aliphatic rings. The Hall–Kier alpha value is -6.62. The summed E-state index contributed by atoms with van der Waals surface area (Å²) in [5, 5.41) is 6.86. The van der Waals surface area contributed by atoms with Gasteiger partial charge in [0.25, 0.3) is 0 Å². The minimum atomic E-state index is 0.831. The van der Waals surface area contributed by atoms with E-state index in [0.29, 0.717) is 0 Å². The number of hydrogen-bond donors (Lipinski definition) is 0. The summed E-state index contributed by atoms with van der Waals surface area (Å²) < 4.78 is 16.2. The molecule has 0 spiro atoms. The Bertz CT molecular complexity index is 3130. The van der Waals surface area contributed by atoms with Gasteiger partial charge in [-0.15, -0.1) is 11.3 Å². The lowest BCUT2D eigenvalue weighted by Crippen LogP contribution is -2.10. The van der Waals surface area contributed by atoms with Crippen molar-refractivity contribution in [2.45, 2.75) is 0 Å². The zero-order valence-electron chi connectivity index (χ0n) is 27.9. The van der Waals surface area contributed by atoms with E-state index >= 15 is 0 Å². The molecule has 0 atom stereocenters. The van der Waals surface area contributed by atoms with Crippen LogP contribution in [0.4, 0.5) is 17.1 Å². The minimum Gasteiger partial charge on any atom is -0.454 e. The quantitative estimate of drug-likeness (QED) is 0.181. The molecule has 0 amide bonds. The molecule has 0 N–H and O–H groups in total. The molecular weight excluding hydrogens is 655 g/mol. The summed E-state index contributed by atoms with van der Waals surface area (Å²) in [5.41, 5.74) is 11.0. The zero-order chi connectivity index (χ0) is 34.2. The van der Waals surface area contributed by atoms with Gasteiger partial charge in [-0.05, 0) is 53.1 Å². The lowest BCUT2D eigenvalue weighted by atomic mass is 10.0. The second-order valence-corrected chi connectivity index (χ2v) is 14.3. The molecule has 0 bridgehead atoms. The van der Waals surface area contributed by atoms with Crippen LogP contribution in [0.3, 0.4) is 0 Å². The summed E-state index contributed by atoms with van der Waals surface area (Å²) in [5.74, 6) is 0. The molecular formula is C48H29NO2S. The number of rotatable bonds is 5. The second-order valence-electron chi connectivity index (χ2n) is 13.3. The van der Waals surface area contributed by atoms with E-state index in [0.717, 1.165) is 72.1 Å². The number of fused-ring (bicyclic) bond motifs is 9.